The van der Waals surface area contributed by atoms with Crippen LogP contribution in [-0.4, -0.2) is 24.2 Å². The van der Waals surface area contributed by atoms with Crippen LogP contribution in [0.2, 0.25) is 0 Å². The van der Waals surface area contributed by atoms with Crippen molar-refractivity contribution in [1.29, 1.82) is 0 Å². The minimum absolute atomic E-state index is 0.405. The van der Waals surface area contributed by atoms with Crippen molar-refractivity contribution < 1.29 is 9.90 Å². The van der Waals surface area contributed by atoms with E-state index in [4.69, 9.17) is 5.11 Å². The van der Waals surface area contributed by atoms with Crippen LogP contribution < -0.4 is 5.32 Å². The number of carboxylic acids is 1. The van der Waals surface area contributed by atoms with Gasteiger partial charge in [0.1, 0.15) is 0 Å². The van der Waals surface area contributed by atoms with Gasteiger partial charge < -0.3 is 10.4 Å². The Hall–Kier alpha value is -1.09. The zero-order chi connectivity index (χ0) is 11.1. The summed E-state index contributed by atoms with van der Waals surface area (Å²) in [6.07, 6.45) is 8.90. The van der Waals surface area contributed by atoms with Gasteiger partial charge in [-0.05, 0) is 39.2 Å². The molecule has 2 N–H and O–H groups in total. The summed E-state index contributed by atoms with van der Waals surface area (Å²) >= 11 is 0. The van der Waals surface area contributed by atoms with Gasteiger partial charge in [0.15, 0.2) is 0 Å². The Morgan fingerprint density at radius 3 is 3.07 bits per heavy atom. The molecule has 0 unspecified atom stereocenters. The molecule has 0 saturated carbocycles. The van der Waals surface area contributed by atoms with E-state index in [2.05, 4.69) is 11.4 Å². The minimum atomic E-state index is -0.838. The highest BCUT2D eigenvalue weighted by molar-refractivity contribution is 5.85. The number of nitrogens with one attached hydrogen (secondary N) is 1. The highest BCUT2D eigenvalue weighted by Crippen LogP contribution is 2.19. The lowest BCUT2D eigenvalue weighted by atomic mass is 10.2. The predicted molar refractivity (Wildman–Crippen MR) is 60.8 cm³/mol. The molecule has 0 heterocycles. The van der Waals surface area contributed by atoms with E-state index in [1.165, 1.54) is 19.3 Å². The summed E-state index contributed by atoms with van der Waals surface area (Å²) in [4.78, 5) is 10.5. The first-order valence-electron chi connectivity index (χ1n) is 5.49. The Kier molecular flexibility index (Phi) is 5.12. The Morgan fingerprint density at radius 2 is 2.47 bits per heavy atom. The summed E-state index contributed by atoms with van der Waals surface area (Å²) in [6.45, 7) is 3.20. The van der Waals surface area contributed by atoms with E-state index in [1.54, 1.807) is 18.6 Å². The summed E-state index contributed by atoms with van der Waals surface area (Å²) in [7, 11) is 0. The summed E-state index contributed by atoms with van der Waals surface area (Å²) < 4.78 is 0. The molecule has 15 heavy (non-hydrogen) atoms. The van der Waals surface area contributed by atoms with Crippen LogP contribution in [-0.2, 0) is 4.79 Å². The first kappa shape index (κ1) is 12.0. The Morgan fingerprint density at radius 1 is 1.67 bits per heavy atom. The molecule has 1 rings (SSSR count). The van der Waals surface area contributed by atoms with Crippen LogP contribution in [0, 0.1) is 0 Å². The molecule has 1 aliphatic rings. The normalized spacial score (nSPS) is 16.6. The maximum atomic E-state index is 10.5. The molecule has 0 amide bonds. The van der Waals surface area contributed by atoms with Crippen molar-refractivity contribution >= 4 is 5.97 Å². The van der Waals surface area contributed by atoms with Crippen LogP contribution in [0.3, 0.4) is 0 Å². The average molecular weight is 209 g/mol. The van der Waals surface area contributed by atoms with Crippen molar-refractivity contribution in [2.24, 2.45) is 0 Å². The molecule has 3 heteroatoms. The summed E-state index contributed by atoms with van der Waals surface area (Å²) in [5.74, 6) is -0.838. The second-order valence-corrected chi connectivity index (χ2v) is 3.90. The van der Waals surface area contributed by atoms with Crippen LogP contribution in [0.15, 0.2) is 23.3 Å². The molecule has 84 valence electrons. The van der Waals surface area contributed by atoms with Crippen molar-refractivity contribution in [3.63, 3.8) is 0 Å². The first-order valence-corrected chi connectivity index (χ1v) is 5.49. The van der Waals surface area contributed by atoms with Crippen LogP contribution in [0.5, 0.6) is 0 Å². The van der Waals surface area contributed by atoms with Crippen molar-refractivity contribution in [3.05, 3.63) is 23.3 Å². The van der Waals surface area contributed by atoms with Crippen LogP contribution in [0.1, 0.15) is 32.6 Å². The van der Waals surface area contributed by atoms with Crippen molar-refractivity contribution in [2.75, 3.05) is 13.1 Å². The van der Waals surface area contributed by atoms with E-state index in [0.717, 1.165) is 13.0 Å². The summed E-state index contributed by atoms with van der Waals surface area (Å²) in [5.41, 5.74) is 1.95. The molecule has 0 bridgehead atoms. The molecule has 0 aromatic carbocycles. The van der Waals surface area contributed by atoms with E-state index in [1.807, 2.05) is 0 Å². The lowest BCUT2D eigenvalue weighted by molar-refractivity contribution is -0.132. The Labute approximate surface area is 90.9 Å². The molecule has 0 aliphatic heterocycles. The molecule has 0 saturated heterocycles. The number of aliphatic carboxylic acids is 1. The zero-order valence-electron chi connectivity index (χ0n) is 9.25. The minimum Gasteiger partial charge on any atom is -0.478 e. The SMILES string of the molecule is CC(=CCNCCC1=CCCC1)C(=O)O. The molecule has 3 nitrogen and oxygen atoms in total. The number of hydrogen-bond acceptors (Lipinski definition) is 2. The van der Waals surface area contributed by atoms with Crippen molar-refractivity contribution in [2.45, 2.75) is 32.6 Å². The number of rotatable bonds is 6. The van der Waals surface area contributed by atoms with Gasteiger partial charge in [-0.3, -0.25) is 0 Å². The number of allylic oxidation sites excluding steroid dienone is 1. The van der Waals surface area contributed by atoms with Crippen LogP contribution >= 0.6 is 0 Å². The highest BCUT2D eigenvalue weighted by Gasteiger charge is 2.03. The molecule has 0 radical (unpaired) electrons. The van der Waals surface area contributed by atoms with Gasteiger partial charge >= 0.3 is 5.97 Å². The third kappa shape index (κ3) is 4.79. The quantitative estimate of drug-likeness (QED) is 0.400. The number of carbonyl (C=O) groups is 1. The van der Waals surface area contributed by atoms with Gasteiger partial charge in [0.2, 0.25) is 0 Å². The molecule has 0 aromatic heterocycles. The fourth-order valence-electron chi connectivity index (χ4n) is 1.63. The second-order valence-electron chi connectivity index (χ2n) is 3.90. The van der Waals surface area contributed by atoms with Crippen LogP contribution in [0.4, 0.5) is 0 Å². The van der Waals surface area contributed by atoms with Gasteiger partial charge in [-0.15, -0.1) is 0 Å². The first-order chi connectivity index (χ1) is 7.20. The average Bonchev–Trinajstić information content (AvgIpc) is 2.69. The lowest BCUT2D eigenvalue weighted by Gasteiger charge is -2.02. The molecular weight excluding hydrogens is 190 g/mol. The van der Waals surface area contributed by atoms with Gasteiger partial charge in [-0.2, -0.15) is 0 Å². The molecule has 0 atom stereocenters. The van der Waals surface area contributed by atoms with Gasteiger partial charge in [-0.1, -0.05) is 17.7 Å². The van der Waals surface area contributed by atoms with Crippen molar-refractivity contribution in [1.82, 2.24) is 5.32 Å². The smallest absolute Gasteiger partial charge is 0.330 e. The van der Waals surface area contributed by atoms with E-state index in [0.29, 0.717) is 12.1 Å². The van der Waals surface area contributed by atoms with E-state index >= 15 is 0 Å². The lowest BCUT2D eigenvalue weighted by Crippen LogP contribution is -2.16. The summed E-state index contributed by atoms with van der Waals surface area (Å²) in [5, 5.41) is 11.8. The number of carboxylic acid groups (broad SMARTS) is 1. The van der Waals surface area contributed by atoms with E-state index in [-0.39, 0.29) is 0 Å². The largest absolute Gasteiger partial charge is 0.478 e. The van der Waals surface area contributed by atoms with Gasteiger partial charge in [-0.25, -0.2) is 4.79 Å². The van der Waals surface area contributed by atoms with E-state index in [9.17, 15) is 4.79 Å². The van der Waals surface area contributed by atoms with Crippen LogP contribution in [0.25, 0.3) is 0 Å². The molecule has 0 fully saturated rings. The molecule has 1 aliphatic carbocycles. The maximum Gasteiger partial charge on any atom is 0.330 e. The van der Waals surface area contributed by atoms with E-state index < -0.39 is 5.97 Å². The third-order valence-electron chi connectivity index (χ3n) is 2.65. The number of hydrogen-bond donors (Lipinski definition) is 2. The van der Waals surface area contributed by atoms with Crippen molar-refractivity contribution in [3.8, 4) is 0 Å². The fourth-order valence-corrected chi connectivity index (χ4v) is 1.63. The topological polar surface area (TPSA) is 49.3 Å². The molecule has 0 aromatic rings. The Balaban J connectivity index is 2.06. The fraction of sp³-hybridized carbons (Fsp3) is 0.583. The second kappa shape index (κ2) is 6.40. The molecular formula is C12H19NO2. The highest BCUT2D eigenvalue weighted by atomic mass is 16.4. The zero-order valence-corrected chi connectivity index (χ0v) is 9.25. The molecule has 0 spiro atoms. The Bertz CT molecular complexity index is 279. The monoisotopic (exact) mass is 209 g/mol. The maximum absolute atomic E-state index is 10.5. The van der Waals surface area contributed by atoms with Gasteiger partial charge in [0.25, 0.3) is 0 Å². The summed E-state index contributed by atoms with van der Waals surface area (Å²) in [6, 6.07) is 0. The van der Waals surface area contributed by atoms with Gasteiger partial charge in [0.05, 0.1) is 0 Å². The third-order valence-corrected chi connectivity index (χ3v) is 2.65. The predicted octanol–water partition coefficient (Wildman–Crippen LogP) is 2.11. The standard InChI is InChI=1S/C12H19NO2/c1-10(12(14)15)6-8-13-9-7-11-4-2-3-5-11/h4,6,13H,2-3,5,7-9H2,1H3,(H,14,15). The van der Waals surface area contributed by atoms with Gasteiger partial charge in [0, 0.05) is 12.1 Å².